The van der Waals surface area contributed by atoms with Crippen LogP contribution in [-0.2, 0) is 28.0 Å². The number of ether oxygens (including phenoxy) is 3. The fraction of sp³-hybridized carbons (Fsp3) is 0.400. The summed E-state index contributed by atoms with van der Waals surface area (Å²) >= 11 is 3.32. The van der Waals surface area contributed by atoms with Crippen LogP contribution < -0.4 is 4.74 Å². The molecule has 1 aliphatic rings. The number of alkyl halides is 1. The quantitative estimate of drug-likeness (QED) is 0.578. The van der Waals surface area contributed by atoms with Crippen LogP contribution in [-0.4, -0.2) is 12.9 Å². The third kappa shape index (κ3) is 5.27. The van der Waals surface area contributed by atoms with Crippen LogP contribution in [0.25, 0.3) is 0 Å². The Morgan fingerprint density at radius 2 is 1.92 bits per heavy atom. The van der Waals surface area contributed by atoms with Crippen LogP contribution in [0.4, 0.5) is 4.39 Å². The highest BCUT2D eigenvalue weighted by Crippen LogP contribution is 2.27. The van der Waals surface area contributed by atoms with Crippen LogP contribution in [0.1, 0.15) is 36.0 Å². The molecule has 0 aliphatic carbocycles. The second kappa shape index (κ2) is 9.32. The molecule has 3 nitrogen and oxygen atoms in total. The number of hydrogen-bond donors (Lipinski definition) is 0. The lowest BCUT2D eigenvalue weighted by Crippen LogP contribution is -2.22. The number of hydrogen-bond acceptors (Lipinski definition) is 3. The Labute approximate surface area is 156 Å². The van der Waals surface area contributed by atoms with Crippen molar-refractivity contribution in [1.82, 2.24) is 0 Å². The van der Waals surface area contributed by atoms with Crippen LogP contribution in [0.3, 0.4) is 0 Å². The predicted molar refractivity (Wildman–Crippen MR) is 98.2 cm³/mol. The van der Waals surface area contributed by atoms with E-state index in [4.69, 9.17) is 14.2 Å². The van der Waals surface area contributed by atoms with Gasteiger partial charge in [-0.2, -0.15) is 0 Å². The zero-order chi connectivity index (χ0) is 17.5. The molecule has 0 N–H and O–H groups in total. The SMILES string of the molecule is Fc1cc(OCc2ccccc2)c(COC2CCCCO2)cc1CBr. The van der Waals surface area contributed by atoms with E-state index in [-0.39, 0.29) is 12.1 Å². The largest absolute Gasteiger partial charge is 0.488 e. The normalized spacial score (nSPS) is 17.4. The lowest BCUT2D eigenvalue weighted by molar-refractivity contribution is -0.169. The van der Waals surface area contributed by atoms with Crippen molar-refractivity contribution in [2.45, 2.75) is 44.1 Å². The molecule has 0 aromatic heterocycles. The second-order valence-corrected chi connectivity index (χ2v) is 6.63. The van der Waals surface area contributed by atoms with E-state index in [0.29, 0.717) is 29.9 Å². The van der Waals surface area contributed by atoms with Gasteiger partial charge in [-0.3, -0.25) is 0 Å². The van der Waals surface area contributed by atoms with E-state index in [2.05, 4.69) is 15.9 Å². The highest BCUT2D eigenvalue weighted by Gasteiger charge is 2.17. The van der Waals surface area contributed by atoms with E-state index in [1.165, 1.54) is 6.07 Å². The van der Waals surface area contributed by atoms with Crippen molar-refractivity contribution in [1.29, 1.82) is 0 Å². The van der Waals surface area contributed by atoms with Crippen molar-refractivity contribution in [3.8, 4) is 5.75 Å². The average Bonchev–Trinajstić information content (AvgIpc) is 2.67. The Morgan fingerprint density at radius 3 is 2.64 bits per heavy atom. The zero-order valence-corrected chi connectivity index (χ0v) is 15.6. The Bertz CT molecular complexity index is 672. The van der Waals surface area contributed by atoms with Gasteiger partial charge in [0, 0.05) is 23.6 Å². The molecule has 1 heterocycles. The van der Waals surface area contributed by atoms with E-state index in [1.807, 2.05) is 30.3 Å². The van der Waals surface area contributed by atoms with Crippen LogP contribution in [0, 0.1) is 5.82 Å². The minimum atomic E-state index is -0.280. The Balaban J connectivity index is 1.71. The molecule has 1 aliphatic heterocycles. The average molecular weight is 409 g/mol. The molecule has 1 fully saturated rings. The first-order valence-electron chi connectivity index (χ1n) is 8.53. The van der Waals surface area contributed by atoms with Crippen molar-refractivity contribution in [3.05, 3.63) is 65.0 Å². The summed E-state index contributed by atoms with van der Waals surface area (Å²) in [6, 6.07) is 13.1. The zero-order valence-electron chi connectivity index (χ0n) is 14.0. The van der Waals surface area contributed by atoms with Gasteiger partial charge < -0.3 is 14.2 Å². The summed E-state index contributed by atoms with van der Waals surface area (Å²) in [7, 11) is 0. The monoisotopic (exact) mass is 408 g/mol. The van der Waals surface area contributed by atoms with E-state index in [1.54, 1.807) is 6.07 Å². The summed E-state index contributed by atoms with van der Waals surface area (Å²) in [6.07, 6.45) is 2.90. The summed E-state index contributed by atoms with van der Waals surface area (Å²) in [5.74, 6) is 0.236. The fourth-order valence-electron chi connectivity index (χ4n) is 2.76. The van der Waals surface area contributed by atoms with Gasteiger partial charge >= 0.3 is 0 Å². The summed E-state index contributed by atoms with van der Waals surface area (Å²) in [5, 5.41) is 0.449. The third-order valence-corrected chi connectivity index (χ3v) is 4.78. The standard InChI is InChI=1S/C20H22BrFO3/c21-12-16-10-17(14-25-20-8-4-5-9-23-20)19(11-18(16)22)24-13-15-6-2-1-3-7-15/h1-3,6-7,10-11,20H,4-5,8-9,12-14H2. The highest BCUT2D eigenvalue weighted by atomic mass is 79.9. The summed E-state index contributed by atoms with van der Waals surface area (Å²) in [6.45, 7) is 1.47. The first-order valence-corrected chi connectivity index (χ1v) is 9.65. The third-order valence-electron chi connectivity index (χ3n) is 4.17. The topological polar surface area (TPSA) is 27.7 Å². The molecule has 134 valence electrons. The Morgan fingerprint density at radius 1 is 1.08 bits per heavy atom. The molecule has 1 unspecified atom stereocenters. The molecular formula is C20H22BrFO3. The molecule has 2 aromatic rings. The van der Waals surface area contributed by atoms with Gasteiger partial charge in [0.15, 0.2) is 6.29 Å². The minimum Gasteiger partial charge on any atom is -0.488 e. The maximum atomic E-state index is 14.2. The van der Waals surface area contributed by atoms with E-state index in [0.717, 1.165) is 37.0 Å². The van der Waals surface area contributed by atoms with Crippen molar-refractivity contribution < 1.29 is 18.6 Å². The maximum Gasteiger partial charge on any atom is 0.158 e. The summed E-state index contributed by atoms with van der Waals surface area (Å²) in [5.41, 5.74) is 2.46. The molecule has 2 aromatic carbocycles. The molecule has 3 rings (SSSR count). The van der Waals surface area contributed by atoms with Gasteiger partial charge in [-0.15, -0.1) is 0 Å². The predicted octanol–water partition coefficient (Wildman–Crippen LogP) is 5.34. The molecular weight excluding hydrogens is 387 g/mol. The van der Waals surface area contributed by atoms with Crippen molar-refractivity contribution in [2.24, 2.45) is 0 Å². The van der Waals surface area contributed by atoms with Crippen molar-refractivity contribution in [3.63, 3.8) is 0 Å². The van der Waals surface area contributed by atoms with Crippen molar-refractivity contribution in [2.75, 3.05) is 6.61 Å². The molecule has 25 heavy (non-hydrogen) atoms. The molecule has 0 saturated carbocycles. The fourth-order valence-corrected chi connectivity index (χ4v) is 3.19. The molecule has 1 atom stereocenters. The van der Waals surface area contributed by atoms with Crippen LogP contribution in [0.5, 0.6) is 5.75 Å². The Hall–Kier alpha value is -1.43. The number of halogens is 2. The van der Waals surface area contributed by atoms with E-state index < -0.39 is 0 Å². The van der Waals surface area contributed by atoms with Gasteiger partial charge in [-0.25, -0.2) is 4.39 Å². The lowest BCUT2D eigenvalue weighted by Gasteiger charge is -2.23. The van der Waals surface area contributed by atoms with Gasteiger partial charge in [-0.1, -0.05) is 46.3 Å². The lowest BCUT2D eigenvalue weighted by atomic mass is 10.1. The second-order valence-electron chi connectivity index (χ2n) is 6.07. The van der Waals surface area contributed by atoms with Crippen LogP contribution in [0.15, 0.2) is 42.5 Å². The van der Waals surface area contributed by atoms with Crippen LogP contribution in [0.2, 0.25) is 0 Å². The van der Waals surface area contributed by atoms with Crippen LogP contribution >= 0.6 is 15.9 Å². The van der Waals surface area contributed by atoms with Gasteiger partial charge in [-0.05, 0) is 36.5 Å². The molecule has 0 bridgehead atoms. The highest BCUT2D eigenvalue weighted by molar-refractivity contribution is 9.08. The molecule has 5 heteroatoms. The van der Waals surface area contributed by atoms with E-state index in [9.17, 15) is 4.39 Å². The first-order chi connectivity index (χ1) is 12.3. The van der Waals surface area contributed by atoms with Gasteiger partial charge in [0.05, 0.1) is 6.61 Å². The summed E-state index contributed by atoms with van der Waals surface area (Å²) < 4.78 is 31.5. The van der Waals surface area contributed by atoms with Gasteiger partial charge in [0.1, 0.15) is 18.2 Å². The van der Waals surface area contributed by atoms with E-state index >= 15 is 0 Å². The van der Waals surface area contributed by atoms with Gasteiger partial charge in [0.2, 0.25) is 0 Å². The van der Waals surface area contributed by atoms with Crippen molar-refractivity contribution >= 4 is 15.9 Å². The molecule has 0 amide bonds. The number of benzene rings is 2. The number of rotatable bonds is 7. The van der Waals surface area contributed by atoms with Gasteiger partial charge in [0.25, 0.3) is 0 Å². The molecule has 0 spiro atoms. The minimum absolute atomic E-state index is 0.187. The summed E-state index contributed by atoms with van der Waals surface area (Å²) in [4.78, 5) is 0. The molecule has 1 saturated heterocycles. The Kier molecular flexibility index (Phi) is 6.84. The maximum absolute atomic E-state index is 14.2. The first kappa shape index (κ1) is 18.4. The smallest absolute Gasteiger partial charge is 0.158 e. The molecule has 0 radical (unpaired) electrons.